The number of nitriles is 1. The van der Waals surface area contributed by atoms with Crippen molar-refractivity contribution in [1.82, 2.24) is 9.97 Å². The molecule has 2 aromatic heterocycles. The van der Waals surface area contributed by atoms with Crippen molar-refractivity contribution in [2.45, 2.75) is 5.03 Å². The minimum atomic E-state index is -0.315. The number of carbonyl (C=O) groups excluding carboxylic acids is 1. The minimum absolute atomic E-state index is 0.0240. The number of aromatic nitrogens is 2. The van der Waals surface area contributed by atoms with Crippen LogP contribution in [0.3, 0.4) is 0 Å². The number of nitrogens with zero attached hydrogens (tertiary/aromatic N) is 3. The number of ether oxygens (including phenoxy) is 1. The number of amides is 1. The van der Waals surface area contributed by atoms with E-state index in [0.717, 1.165) is 16.7 Å². The lowest BCUT2D eigenvalue weighted by Gasteiger charge is -2.13. The standard InChI is InChI=1S/C28H20N4O3S/c1-34-20-11-7-10-19(14-20)24-15-21(18-8-3-2-4-9-18)22(16-29)27(30-24)36-17-26(33)32-28-31-23-12-5-6-13-25(23)35-28/h2-15H,17H2,1H3,(H,31,32,33). The molecule has 0 saturated carbocycles. The quantitative estimate of drug-likeness (QED) is 0.271. The molecule has 7 nitrogen and oxygen atoms in total. The van der Waals surface area contributed by atoms with Gasteiger partial charge in [-0.15, -0.1) is 0 Å². The fourth-order valence-electron chi connectivity index (χ4n) is 3.72. The largest absolute Gasteiger partial charge is 0.497 e. The number of para-hydroxylation sites is 2. The van der Waals surface area contributed by atoms with E-state index < -0.39 is 0 Å². The number of methoxy groups -OCH3 is 1. The zero-order chi connectivity index (χ0) is 24.9. The number of fused-ring (bicyclic) bond motifs is 1. The molecule has 0 aliphatic heterocycles. The van der Waals surface area contributed by atoms with Crippen LogP contribution in [-0.2, 0) is 4.79 Å². The highest BCUT2D eigenvalue weighted by Gasteiger charge is 2.18. The molecule has 0 aliphatic rings. The molecule has 0 atom stereocenters. The molecule has 0 unspecified atom stereocenters. The number of benzene rings is 3. The monoisotopic (exact) mass is 492 g/mol. The molecule has 0 aliphatic carbocycles. The highest BCUT2D eigenvalue weighted by molar-refractivity contribution is 8.00. The summed E-state index contributed by atoms with van der Waals surface area (Å²) in [6, 6.07) is 28.8. The first-order chi connectivity index (χ1) is 17.6. The Kier molecular flexibility index (Phi) is 6.65. The maximum atomic E-state index is 12.7. The molecule has 0 saturated heterocycles. The first-order valence-electron chi connectivity index (χ1n) is 11.1. The van der Waals surface area contributed by atoms with Crippen molar-refractivity contribution in [3.63, 3.8) is 0 Å². The van der Waals surface area contributed by atoms with Crippen LogP contribution in [0, 0.1) is 11.3 Å². The van der Waals surface area contributed by atoms with E-state index >= 15 is 0 Å². The third-order valence-electron chi connectivity index (χ3n) is 5.43. The second kappa shape index (κ2) is 10.3. The van der Waals surface area contributed by atoms with Crippen LogP contribution in [0.1, 0.15) is 5.56 Å². The molecule has 0 radical (unpaired) electrons. The summed E-state index contributed by atoms with van der Waals surface area (Å²) in [7, 11) is 1.61. The van der Waals surface area contributed by atoms with E-state index in [4.69, 9.17) is 14.1 Å². The molecule has 36 heavy (non-hydrogen) atoms. The van der Waals surface area contributed by atoms with Gasteiger partial charge < -0.3 is 9.15 Å². The summed E-state index contributed by atoms with van der Waals surface area (Å²) in [6.07, 6.45) is 0. The molecule has 176 valence electrons. The summed E-state index contributed by atoms with van der Waals surface area (Å²) < 4.78 is 10.9. The van der Waals surface area contributed by atoms with Gasteiger partial charge in [-0.05, 0) is 35.9 Å². The van der Waals surface area contributed by atoms with Gasteiger partial charge in [-0.2, -0.15) is 10.2 Å². The molecule has 1 N–H and O–H groups in total. The maximum absolute atomic E-state index is 12.7. The Bertz CT molecular complexity index is 1560. The number of nitrogens with one attached hydrogen (secondary N) is 1. The number of carbonyl (C=O) groups is 1. The van der Waals surface area contributed by atoms with Crippen molar-refractivity contribution in [2.24, 2.45) is 0 Å². The molecule has 0 fully saturated rings. The Morgan fingerprint density at radius 1 is 1.00 bits per heavy atom. The number of thioether (sulfide) groups is 1. The fraction of sp³-hybridized carbons (Fsp3) is 0.0714. The van der Waals surface area contributed by atoms with Crippen molar-refractivity contribution >= 4 is 34.8 Å². The number of hydrogen-bond donors (Lipinski definition) is 1. The summed E-state index contributed by atoms with van der Waals surface area (Å²) in [5.41, 5.74) is 4.81. The summed E-state index contributed by atoms with van der Waals surface area (Å²) >= 11 is 1.19. The Hall–Kier alpha value is -4.61. The lowest BCUT2D eigenvalue weighted by molar-refractivity contribution is -0.113. The summed E-state index contributed by atoms with van der Waals surface area (Å²) in [5.74, 6) is 0.410. The summed E-state index contributed by atoms with van der Waals surface area (Å²) in [5, 5.41) is 13.2. The van der Waals surface area contributed by atoms with Crippen LogP contribution in [0.5, 0.6) is 5.75 Å². The Balaban J connectivity index is 1.47. The van der Waals surface area contributed by atoms with Crippen molar-refractivity contribution in [2.75, 3.05) is 18.2 Å². The van der Waals surface area contributed by atoms with Gasteiger partial charge in [0.25, 0.3) is 0 Å². The highest BCUT2D eigenvalue weighted by Crippen LogP contribution is 2.35. The van der Waals surface area contributed by atoms with Crippen molar-refractivity contribution in [3.8, 4) is 34.2 Å². The lowest BCUT2D eigenvalue weighted by Crippen LogP contribution is -2.14. The number of anilines is 1. The average molecular weight is 493 g/mol. The van der Waals surface area contributed by atoms with Crippen LogP contribution in [0.2, 0.25) is 0 Å². The summed E-state index contributed by atoms with van der Waals surface area (Å²) in [6.45, 7) is 0. The van der Waals surface area contributed by atoms with E-state index in [-0.39, 0.29) is 17.7 Å². The molecule has 0 bridgehead atoms. The maximum Gasteiger partial charge on any atom is 0.302 e. The predicted octanol–water partition coefficient (Wildman–Crippen LogP) is 6.17. The number of rotatable bonds is 7. The van der Waals surface area contributed by atoms with Gasteiger partial charge >= 0.3 is 6.01 Å². The van der Waals surface area contributed by atoms with Gasteiger partial charge in [0.1, 0.15) is 22.4 Å². The van der Waals surface area contributed by atoms with E-state index in [0.29, 0.717) is 33.1 Å². The topological polar surface area (TPSA) is 101 Å². The minimum Gasteiger partial charge on any atom is -0.497 e. The van der Waals surface area contributed by atoms with Crippen LogP contribution in [0.15, 0.2) is 94.4 Å². The van der Waals surface area contributed by atoms with Crippen LogP contribution < -0.4 is 10.1 Å². The van der Waals surface area contributed by atoms with Gasteiger partial charge in [0, 0.05) is 11.1 Å². The molecule has 2 heterocycles. The Labute approximate surface area is 211 Å². The van der Waals surface area contributed by atoms with Crippen LogP contribution in [0.4, 0.5) is 6.01 Å². The van der Waals surface area contributed by atoms with Crippen molar-refractivity contribution in [1.29, 1.82) is 5.26 Å². The molecular weight excluding hydrogens is 472 g/mol. The zero-order valence-corrected chi connectivity index (χ0v) is 20.1. The molecule has 3 aromatic carbocycles. The third-order valence-corrected chi connectivity index (χ3v) is 6.40. The fourth-order valence-corrected chi connectivity index (χ4v) is 4.53. The SMILES string of the molecule is COc1cccc(-c2cc(-c3ccccc3)c(C#N)c(SCC(=O)Nc3nc4ccccc4o3)n2)c1. The molecule has 0 spiro atoms. The summed E-state index contributed by atoms with van der Waals surface area (Å²) in [4.78, 5) is 21.7. The van der Waals surface area contributed by atoms with Gasteiger partial charge in [-0.3, -0.25) is 10.1 Å². The molecular formula is C28H20N4O3S. The normalized spacial score (nSPS) is 10.7. The molecule has 5 aromatic rings. The Morgan fingerprint density at radius 3 is 2.56 bits per heavy atom. The van der Waals surface area contributed by atoms with Crippen molar-refractivity contribution < 1.29 is 13.9 Å². The first-order valence-corrected chi connectivity index (χ1v) is 12.1. The first kappa shape index (κ1) is 23.1. The van der Waals surface area contributed by atoms with Gasteiger partial charge in [0.05, 0.1) is 24.1 Å². The second-order valence-electron chi connectivity index (χ2n) is 7.77. The van der Waals surface area contributed by atoms with E-state index in [1.54, 1.807) is 13.2 Å². The van der Waals surface area contributed by atoms with Gasteiger partial charge in [0.15, 0.2) is 5.58 Å². The third kappa shape index (κ3) is 4.92. The van der Waals surface area contributed by atoms with Gasteiger partial charge in [-0.1, -0.05) is 66.4 Å². The van der Waals surface area contributed by atoms with E-state index in [2.05, 4.69) is 16.4 Å². The van der Waals surface area contributed by atoms with E-state index in [1.807, 2.05) is 78.9 Å². The van der Waals surface area contributed by atoms with Crippen molar-refractivity contribution in [3.05, 3.63) is 90.5 Å². The smallest absolute Gasteiger partial charge is 0.302 e. The molecule has 5 rings (SSSR count). The zero-order valence-electron chi connectivity index (χ0n) is 19.3. The highest BCUT2D eigenvalue weighted by atomic mass is 32.2. The molecule has 8 heteroatoms. The lowest BCUT2D eigenvalue weighted by atomic mass is 9.99. The molecule has 1 amide bonds. The van der Waals surface area contributed by atoms with Gasteiger partial charge in [-0.25, -0.2) is 4.98 Å². The number of oxazole rings is 1. The Morgan fingerprint density at radius 2 is 1.78 bits per heavy atom. The van der Waals surface area contributed by atoms with E-state index in [1.165, 1.54) is 11.8 Å². The van der Waals surface area contributed by atoms with Gasteiger partial charge in [0.2, 0.25) is 5.91 Å². The number of pyridine rings is 1. The average Bonchev–Trinajstić information content (AvgIpc) is 3.34. The predicted molar refractivity (Wildman–Crippen MR) is 140 cm³/mol. The van der Waals surface area contributed by atoms with Crippen LogP contribution in [-0.4, -0.2) is 28.7 Å². The second-order valence-corrected chi connectivity index (χ2v) is 8.73. The number of hydrogen-bond acceptors (Lipinski definition) is 7. The van der Waals surface area contributed by atoms with Crippen LogP contribution >= 0.6 is 11.8 Å². The van der Waals surface area contributed by atoms with E-state index in [9.17, 15) is 10.1 Å². The van der Waals surface area contributed by atoms with Crippen LogP contribution in [0.25, 0.3) is 33.5 Å².